The number of phosphoric ester groups is 1. The summed E-state index contributed by atoms with van der Waals surface area (Å²) in [6.07, 6.45) is 0.405. The molecule has 0 aliphatic carbocycles. The van der Waals surface area contributed by atoms with Crippen LogP contribution in [0.15, 0.2) is 12.2 Å². The molecule has 112 valence electrons. The molecule has 0 aromatic heterocycles. The van der Waals surface area contributed by atoms with Crippen LogP contribution in [0.5, 0.6) is 0 Å². The van der Waals surface area contributed by atoms with Crippen molar-refractivity contribution in [3.05, 3.63) is 12.2 Å². The zero-order valence-electron chi connectivity index (χ0n) is 11.8. The highest BCUT2D eigenvalue weighted by atomic mass is 31.2. The van der Waals surface area contributed by atoms with E-state index in [1.807, 2.05) is 21.1 Å². The largest absolute Gasteiger partial charge is 0.756 e. The minimum absolute atomic E-state index is 0.129. The second kappa shape index (κ2) is 7.17. The van der Waals surface area contributed by atoms with Gasteiger partial charge in [0, 0.05) is 12.0 Å². The quantitative estimate of drug-likeness (QED) is 0.294. The molecule has 0 rings (SSSR count). The van der Waals surface area contributed by atoms with E-state index in [1.165, 1.54) is 0 Å². The highest BCUT2D eigenvalue weighted by Gasteiger charge is 2.25. The predicted molar refractivity (Wildman–Crippen MR) is 68.0 cm³/mol. The van der Waals surface area contributed by atoms with E-state index in [0.29, 0.717) is 16.5 Å². The molecule has 0 bridgehead atoms. The zero-order chi connectivity index (χ0) is 15.3. The number of nitrogens with zero attached hydrogens (tertiary/aromatic N) is 1. The third-order valence-electron chi connectivity index (χ3n) is 2.56. The molecule has 1 N–H and O–H groups in total. The summed E-state index contributed by atoms with van der Waals surface area (Å²) in [5.74, 6) is -0.488. The molecule has 0 aromatic rings. The van der Waals surface area contributed by atoms with Crippen molar-refractivity contribution in [3.63, 3.8) is 0 Å². The van der Waals surface area contributed by atoms with E-state index in [1.54, 1.807) is 6.92 Å². The van der Waals surface area contributed by atoms with Crippen LogP contribution in [0.25, 0.3) is 0 Å². The van der Waals surface area contributed by atoms with Crippen LogP contribution >= 0.6 is 7.82 Å². The van der Waals surface area contributed by atoms with Crippen molar-refractivity contribution in [2.75, 3.05) is 34.4 Å². The lowest BCUT2D eigenvalue weighted by molar-refractivity contribution is -0.896. The first-order valence-electron chi connectivity index (χ1n) is 5.75. The minimum atomic E-state index is -4.74. The Labute approximate surface area is 113 Å². The van der Waals surface area contributed by atoms with Crippen LogP contribution < -0.4 is 4.89 Å². The van der Waals surface area contributed by atoms with Gasteiger partial charge in [-0.25, -0.2) is 4.79 Å². The van der Waals surface area contributed by atoms with Gasteiger partial charge in [0.1, 0.15) is 12.6 Å². The SMILES string of the molecule is C=C(C)C(=O)OCCC(COP(=O)([O-])O)[N+](C)(C)C. The summed E-state index contributed by atoms with van der Waals surface area (Å²) in [6.45, 7) is 4.95. The Kier molecular flexibility index (Phi) is 6.89. The van der Waals surface area contributed by atoms with Crippen LogP contribution in [-0.4, -0.2) is 55.7 Å². The Balaban J connectivity index is 4.35. The van der Waals surface area contributed by atoms with Gasteiger partial charge in [-0.3, -0.25) is 4.57 Å². The van der Waals surface area contributed by atoms with Crippen molar-refractivity contribution in [1.29, 1.82) is 0 Å². The molecule has 0 fully saturated rings. The van der Waals surface area contributed by atoms with Crippen LogP contribution in [0.3, 0.4) is 0 Å². The average molecular weight is 295 g/mol. The molecule has 0 amide bonds. The van der Waals surface area contributed by atoms with E-state index in [9.17, 15) is 14.3 Å². The zero-order valence-corrected chi connectivity index (χ0v) is 12.7. The molecule has 2 unspecified atom stereocenters. The smallest absolute Gasteiger partial charge is 0.333 e. The summed E-state index contributed by atoms with van der Waals surface area (Å²) in [6, 6.07) is -0.243. The summed E-state index contributed by atoms with van der Waals surface area (Å²) in [5.41, 5.74) is 0.303. The third kappa shape index (κ3) is 8.91. The standard InChI is InChI=1S/C11H22NO6P/c1-9(2)11(13)17-7-6-10(12(3,4)5)8-18-19(14,15)16/h10H,1,6-8H2,2-5H3,(H-,14,15,16). The molecule has 8 heteroatoms. The number of phosphoric acid groups is 1. The summed E-state index contributed by atoms with van der Waals surface area (Å²) >= 11 is 0. The first-order chi connectivity index (χ1) is 8.43. The molecule has 0 aromatic carbocycles. The Morgan fingerprint density at radius 2 is 2.00 bits per heavy atom. The molecule has 19 heavy (non-hydrogen) atoms. The monoisotopic (exact) mass is 295 g/mol. The second-order valence-electron chi connectivity index (χ2n) is 5.24. The van der Waals surface area contributed by atoms with E-state index >= 15 is 0 Å². The van der Waals surface area contributed by atoms with Crippen molar-refractivity contribution in [2.24, 2.45) is 0 Å². The molecule has 0 aliphatic rings. The Hall–Kier alpha value is -0.720. The van der Waals surface area contributed by atoms with Crippen LogP contribution in [0.1, 0.15) is 13.3 Å². The summed E-state index contributed by atoms with van der Waals surface area (Å²) < 4.78 is 20.4. The lowest BCUT2D eigenvalue weighted by atomic mass is 10.2. The van der Waals surface area contributed by atoms with Crippen molar-refractivity contribution in [1.82, 2.24) is 0 Å². The summed E-state index contributed by atoms with van der Waals surface area (Å²) in [4.78, 5) is 30.4. The number of ether oxygens (including phenoxy) is 1. The Bertz CT molecular complexity index is 370. The van der Waals surface area contributed by atoms with Gasteiger partial charge in [-0.2, -0.15) is 0 Å². The van der Waals surface area contributed by atoms with E-state index in [0.717, 1.165) is 0 Å². The maximum atomic E-state index is 11.2. The van der Waals surface area contributed by atoms with Gasteiger partial charge in [0.2, 0.25) is 0 Å². The molecule has 0 spiro atoms. The van der Waals surface area contributed by atoms with Crippen molar-refractivity contribution >= 4 is 13.8 Å². The number of quaternary nitrogens is 1. The molecule has 2 atom stereocenters. The molecule has 0 heterocycles. The minimum Gasteiger partial charge on any atom is -0.756 e. The van der Waals surface area contributed by atoms with Crippen LogP contribution in [-0.2, 0) is 18.6 Å². The number of likely N-dealkylation sites (N-methyl/N-ethyl adjacent to an activating group) is 1. The number of esters is 1. The van der Waals surface area contributed by atoms with Gasteiger partial charge < -0.3 is 23.5 Å². The van der Waals surface area contributed by atoms with E-state index in [-0.39, 0.29) is 19.3 Å². The molecule has 0 aliphatic heterocycles. The molecular weight excluding hydrogens is 273 g/mol. The number of rotatable bonds is 8. The Morgan fingerprint density at radius 3 is 2.37 bits per heavy atom. The lowest BCUT2D eigenvalue weighted by Crippen LogP contribution is -2.48. The van der Waals surface area contributed by atoms with Gasteiger partial charge in [-0.05, 0) is 6.92 Å². The van der Waals surface area contributed by atoms with Crippen LogP contribution in [0, 0.1) is 0 Å². The fourth-order valence-corrected chi connectivity index (χ4v) is 1.65. The van der Waals surface area contributed by atoms with Crippen molar-refractivity contribution < 1.29 is 32.9 Å². The van der Waals surface area contributed by atoms with Crippen LogP contribution in [0.2, 0.25) is 0 Å². The van der Waals surface area contributed by atoms with Gasteiger partial charge in [-0.15, -0.1) is 0 Å². The predicted octanol–water partition coefficient (Wildman–Crippen LogP) is 0.0479. The van der Waals surface area contributed by atoms with Crippen LogP contribution in [0.4, 0.5) is 0 Å². The van der Waals surface area contributed by atoms with Gasteiger partial charge in [0.05, 0.1) is 27.7 Å². The number of carbonyl (C=O) groups excluding carboxylic acids is 1. The third-order valence-corrected chi connectivity index (χ3v) is 3.03. The second-order valence-corrected chi connectivity index (χ2v) is 6.43. The fraction of sp³-hybridized carbons (Fsp3) is 0.727. The summed E-state index contributed by atoms with van der Waals surface area (Å²) in [5, 5.41) is 0. The molecule has 0 radical (unpaired) electrons. The molecule has 0 saturated carbocycles. The fourth-order valence-electron chi connectivity index (χ4n) is 1.29. The highest BCUT2D eigenvalue weighted by molar-refractivity contribution is 7.44. The maximum absolute atomic E-state index is 11.2. The Morgan fingerprint density at radius 1 is 1.47 bits per heavy atom. The lowest BCUT2D eigenvalue weighted by Gasteiger charge is -2.34. The van der Waals surface area contributed by atoms with Crippen molar-refractivity contribution in [3.8, 4) is 0 Å². The molecule has 0 saturated heterocycles. The highest BCUT2D eigenvalue weighted by Crippen LogP contribution is 2.31. The van der Waals surface area contributed by atoms with E-state index < -0.39 is 13.8 Å². The van der Waals surface area contributed by atoms with Gasteiger partial charge in [-0.1, -0.05) is 6.58 Å². The number of hydrogen-bond donors (Lipinski definition) is 1. The maximum Gasteiger partial charge on any atom is 0.333 e. The van der Waals surface area contributed by atoms with Gasteiger partial charge in [0.15, 0.2) is 0 Å². The van der Waals surface area contributed by atoms with Crippen molar-refractivity contribution in [2.45, 2.75) is 19.4 Å². The van der Waals surface area contributed by atoms with Gasteiger partial charge >= 0.3 is 5.97 Å². The molecule has 7 nitrogen and oxygen atoms in total. The average Bonchev–Trinajstić information content (AvgIpc) is 2.18. The normalized spacial score (nSPS) is 16.5. The first-order valence-corrected chi connectivity index (χ1v) is 7.25. The number of hydrogen-bond acceptors (Lipinski definition) is 5. The van der Waals surface area contributed by atoms with E-state index in [2.05, 4.69) is 11.1 Å². The topological polar surface area (TPSA) is 95.9 Å². The van der Waals surface area contributed by atoms with E-state index in [4.69, 9.17) is 9.63 Å². The summed E-state index contributed by atoms with van der Waals surface area (Å²) in [7, 11) is 0.809. The first kappa shape index (κ1) is 18.3. The molecular formula is C11H22NO6P. The number of carbonyl (C=O) groups is 1. The van der Waals surface area contributed by atoms with Gasteiger partial charge in [0.25, 0.3) is 7.82 Å².